The highest BCUT2D eigenvalue weighted by atomic mass is 19.1. The zero-order valence-electron chi connectivity index (χ0n) is 20.2. The lowest BCUT2D eigenvalue weighted by Crippen LogP contribution is -2.07. The number of hydrogen-bond donors (Lipinski definition) is 1. The number of carboxylic acids is 1. The van der Waals surface area contributed by atoms with Crippen molar-refractivity contribution in [3.63, 3.8) is 0 Å². The molecule has 0 aliphatic carbocycles. The van der Waals surface area contributed by atoms with Gasteiger partial charge in [-0.05, 0) is 36.2 Å². The maximum Gasteiger partial charge on any atom is 0.304 e. The van der Waals surface area contributed by atoms with Crippen molar-refractivity contribution in [1.29, 1.82) is 0 Å². The Morgan fingerprint density at radius 1 is 1.08 bits per heavy atom. The third kappa shape index (κ3) is 3.79. The van der Waals surface area contributed by atoms with Crippen LogP contribution in [0.25, 0.3) is 16.7 Å². The number of carboxylic acid groups (broad SMARTS) is 1. The Kier molecular flexibility index (Phi) is 5.43. The fourth-order valence-corrected chi connectivity index (χ4v) is 5.46. The van der Waals surface area contributed by atoms with Gasteiger partial charge in [0, 0.05) is 34.9 Å². The van der Waals surface area contributed by atoms with Crippen LogP contribution in [0.3, 0.4) is 0 Å². The zero-order chi connectivity index (χ0) is 25.0. The highest BCUT2D eigenvalue weighted by Gasteiger charge is 2.31. The second-order valence-electron chi connectivity index (χ2n) is 9.98. The Morgan fingerprint density at radius 3 is 2.72 bits per heavy atom. The van der Waals surface area contributed by atoms with Gasteiger partial charge in [0.2, 0.25) is 0 Å². The lowest BCUT2D eigenvalue weighted by atomic mass is 9.91. The summed E-state index contributed by atoms with van der Waals surface area (Å²) in [5, 5.41) is 9.15. The average Bonchev–Trinajstić information content (AvgIpc) is 3.54. The molecule has 0 amide bonds. The molecule has 1 N–H and O–H groups in total. The summed E-state index contributed by atoms with van der Waals surface area (Å²) < 4.78 is 28.3. The van der Waals surface area contributed by atoms with Crippen LogP contribution in [0, 0.1) is 5.82 Å². The minimum atomic E-state index is -0.815. The predicted molar refractivity (Wildman–Crippen MR) is 134 cm³/mol. The lowest BCUT2D eigenvalue weighted by Gasteiger charge is -2.15. The van der Waals surface area contributed by atoms with Crippen molar-refractivity contribution in [2.24, 2.45) is 0 Å². The van der Waals surface area contributed by atoms with Crippen LogP contribution in [-0.2, 0) is 11.2 Å². The number of para-hydroxylation sites is 1. The second kappa shape index (κ2) is 8.66. The topological polar surface area (TPSA) is 73.6 Å². The summed E-state index contributed by atoms with van der Waals surface area (Å²) in [6, 6.07) is 16.9. The number of hydrogen-bond acceptors (Lipinski definition) is 4. The number of ether oxygens (including phenoxy) is 2. The van der Waals surface area contributed by atoms with Crippen molar-refractivity contribution in [1.82, 2.24) is 9.55 Å². The van der Waals surface area contributed by atoms with Gasteiger partial charge < -0.3 is 14.6 Å². The van der Waals surface area contributed by atoms with Gasteiger partial charge >= 0.3 is 5.97 Å². The van der Waals surface area contributed by atoms with Crippen molar-refractivity contribution in [2.45, 2.75) is 44.4 Å². The van der Waals surface area contributed by atoms with Gasteiger partial charge in [-0.1, -0.05) is 38.1 Å². The molecule has 2 aliphatic rings. The Balaban J connectivity index is 1.34. The van der Waals surface area contributed by atoms with Gasteiger partial charge in [-0.15, -0.1) is 0 Å². The summed E-state index contributed by atoms with van der Waals surface area (Å²) in [6.45, 7) is 5.11. The van der Waals surface area contributed by atoms with E-state index in [9.17, 15) is 9.18 Å². The quantitative estimate of drug-likeness (QED) is 0.364. The van der Waals surface area contributed by atoms with E-state index < -0.39 is 5.97 Å². The van der Waals surface area contributed by atoms with E-state index in [1.165, 1.54) is 12.1 Å². The molecule has 0 saturated carbocycles. The number of rotatable bonds is 6. The Labute approximate surface area is 208 Å². The minimum absolute atomic E-state index is 0.0736. The van der Waals surface area contributed by atoms with E-state index in [1.807, 2.05) is 28.8 Å². The zero-order valence-corrected chi connectivity index (χ0v) is 20.2. The number of imidazole rings is 1. The van der Waals surface area contributed by atoms with Gasteiger partial charge in [0.05, 0.1) is 36.4 Å². The van der Waals surface area contributed by atoms with Gasteiger partial charge in [-0.2, -0.15) is 0 Å². The molecule has 7 heteroatoms. The van der Waals surface area contributed by atoms with E-state index >= 15 is 0 Å². The third-order valence-electron chi connectivity index (χ3n) is 7.15. The van der Waals surface area contributed by atoms with Crippen LogP contribution in [0.15, 0.2) is 54.6 Å². The van der Waals surface area contributed by atoms with Crippen LogP contribution < -0.4 is 9.47 Å². The highest BCUT2D eigenvalue weighted by Crippen LogP contribution is 2.43. The number of nitrogens with zero attached hydrogens (tertiary/aromatic N) is 2. The first kappa shape index (κ1) is 22.6. The lowest BCUT2D eigenvalue weighted by molar-refractivity contribution is -0.137. The van der Waals surface area contributed by atoms with Crippen molar-refractivity contribution >= 4 is 17.0 Å². The first-order chi connectivity index (χ1) is 17.4. The van der Waals surface area contributed by atoms with Gasteiger partial charge in [0.15, 0.2) is 0 Å². The number of fused-ring (bicyclic) bond motifs is 3. The molecule has 0 unspecified atom stereocenters. The molecule has 0 radical (unpaired) electrons. The molecule has 6 nitrogen and oxygen atoms in total. The molecule has 0 bridgehead atoms. The summed E-state index contributed by atoms with van der Waals surface area (Å²) in [5.41, 5.74) is 5.56. The molecule has 3 aromatic carbocycles. The number of halogens is 1. The summed E-state index contributed by atoms with van der Waals surface area (Å²) in [7, 11) is 0. The van der Waals surface area contributed by atoms with Gasteiger partial charge in [-0.25, -0.2) is 9.37 Å². The maximum atomic E-state index is 14.2. The fraction of sp³-hybridized carbons (Fsp3) is 0.310. The molecule has 0 saturated heterocycles. The first-order valence-corrected chi connectivity index (χ1v) is 12.3. The highest BCUT2D eigenvalue weighted by molar-refractivity contribution is 5.80. The van der Waals surface area contributed by atoms with Crippen LogP contribution in [0.4, 0.5) is 4.39 Å². The van der Waals surface area contributed by atoms with Crippen LogP contribution >= 0.6 is 0 Å². The number of aromatic nitrogens is 2. The van der Waals surface area contributed by atoms with Gasteiger partial charge in [0.25, 0.3) is 0 Å². The molecule has 2 atom stereocenters. The van der Waals surface area contributed by atoms with Gasteiger partial charge in [-0.3, -0.25) is 9.36 Å². The first-order valence-electron chi connectivity index (χ1n) is 12.3. The maximum absolute atomic E-state index is 14.2. The average molecular weight is 487 g/mol. The summed E-state index contributed by atoms with van der Waals surface area (Å²) >= 11 is 0. The predicted octanol–water partition coefficient (Wildman–Crippen LogP) is 5.96. The Bertz CT molecular complexity index is 1490. The minimum Gasteiger partial charge on any atom is -0.493 e. The molecule has 4 aromatic rings. The van der Waals surface area contributed by atoms with E-state index in [0.29, 0.717) is 13.2 Å². The van der Waals surface area contributed by atoms with E-state index in [-0.39, 0.29) is 30.0 Å². The number of aliphatic carboxylic acids is 1. The van der Waals surface area contributed by atoms with Crippen LogP contribution in [0.2, 0.25) is 0 Å². The fourth-order valence-electron chi connectivity index (χ4n) is 5.46. The van der Waals surface area contributed by atoms with Crippen LogP contribution in [-0.4, -0.2) is 33.8 Å². The Morgan fingerprint density at radius 2 is 1.92 bits per heavy atom. The standard InChI is InChI=1S/C29H27FN2O4/c1-16(2)29-31-23-9-7-20(30)13-25(23)32(29)24-5-3-4-22-18(15-36-28(22)24)10-17-6-8-21-19(12-27(33)34)14-35-26(21)11-17/h3-9,11,13,16,18-19H,10,12,14-15H2,1-2H3,(H,33,34)/t18-,19-/m1/s1. The van der Waals surface area contributed by atoms with Crippen molar-refractivity contribution in [3.8, 4) is 17.2 Å². The smallest absolute Gasteiger partial charge is 0.304 e. The SMILES string of the molecule is CC(C)c1nc2ccc(F)cc2n1-c1cccc2c1OC[C@H]2Cc1ccc2c(c1)OC[C@H]2CC(=O)O. The molecule has 36 heavy (non-hydrogen) atoms. The van der Waals surface area contributed by atoms with Crippen molar-refractivity contribution in [2.75, 3.05) is 13.2 Å². The molecule has 0 fully saturated rings. The van der Waals surface area contributed by atoms with Crippen LogP contribution in [0.5, 0.6) is 11.5 Å². The molecule has 0 spiro atoms. The Hall–Kier alpha value is -3.87. The van der Waals surface area contributed by atoms with E-state index in [2.05, 4.69) is 26.0 Å². The van der Waals surface area contributed by atoms with E-state index in [1.54, 1.807) is 6.07 Å². The molecule has 1 aromatic heterocycles. The molecule has 2 aliphatic heterocycles. The van der Waals surface area contributed by atoms with Crippen molar-refractivity contribution in [3.05, 3.63) is 82.9 Å². The summed E-state index contributed by atoms with van der Waals surface area (Å²) in [6.07, 6.45) is 0.844. The molecular weight excluding hydrogens is 459 g/mol. The molecular formula is C29H27FN2O4. The molecule has 3 heterocycles. The van der Waals surface area contributed by atoms with E-state index in [0.717, 1.165) is 57.2 Å². The monoisotopic (exact) mass is 486 g/mol. The number of carbonyl (C=O) groups is 1. The number of benzene rings is 3. The van der Waals surface area contributed by atoms with Crippen molar-refractivity contribution < 1.29 is 23.8 Å². The molecule has 6 rings (SSSR count). The van der Waals surface area contributed by atoms with Gasteiger partial charge in [0.1, 0.15) is 23.1 Å². The normalized spacial score (nSPS) is 18.2. The second-order valence-corrected chi connectivity index (χ2v) is 9.98. The molecule has 184 valence electrons. The summed E-state index contributed by atoms with van der Waals surface area (Å²) in [5.74, 6) is 1.54. The summed E-state index contributed by atoms with van der Waals surface area (Å²) in [4.78, 5) is 15.9. The van der Waals surface area contributed by atoms with Crippen LogP contribution in [0.1, 0.15) is 60.5 Å². The van der Waals surface area contributed by atoms with E-state index in [4.69, 9.17) is 19.6 Å². The third-order valence-corrected chi connectivity index (χ3v) is 7.15. The largest absolute Gasteiger partial charge is 0.493 e.